The van der Waals surface area contributed by atoms with Gasteiger partial charge in [0.25, 0.3) is 0 Å². The first kappa shape index (κ1) is 9.73. The number of nitrogens with two attached hydrogens (primary N) is 1. The maximum absolute atomic E-state index is 11.3. The van der Waals surface area contributed by atoms with Crippen molar-refractivity contribution in [2.45, 2.75) is 25.9 Å². The summed E-state index contributed by atoms with van der Waals surface area (Å²) >= 11 is 0. The van der Waals surface area contributed by atoms with Crippen molar-refractivity contribution in [3.8, 4) is 0 Å². The van der Waals surface area contributed by atoms with Crippen molar-refractivity contribution in [1.29, 1.82) is 0 Å². The summed E-state index contributed by atoms with van der Waals surface area (Å²) in [5, 5.41) is 2.64. The summed E-state index contributed by atoms with van der Waals surface area (Å²) in [6.45, 7) is 3.63. The van der Waals surface area contributed by atoms with Crippen molar-refractivity contribution >= 4 is 5.91 Å². The summed E-state index contributed by atoms with van der Waals surface area (Å²) in [6, 6.07) is 0. The van der Waals surface area contributed by atoms with Crippen LogP contribution >= 0.6 is 0 Å². The van der Waals surface area contributed by atoms with E-state index >= 15 is 0 Å². The summed E-state index contributed by atoms with van der Waals surface area (Å²) in [6.07, 6.45) is 2.79. The number of aromatic nitrogens is 1. The molecule has 5 heteroatoms. The molecule has 1 aromatic heterocycles. The van der Waals surface area contributed by atoms with Gasteiger partial charge < -0.3 is 15.5 Å². The van der Waals surface area contributed by atoms with Gasteiger partial charge in [0.05, 0.1) is 17.8 Å². The fourth-order valence-corrected chi connectivity index (χ4v) is 0.723. The topological polar surface area (TPSA) is 81.2 Å². The van der Waals surface area contributed by atoms with Gasteiger partial charge in [-0.25, -0.2) is 4.98 Å². The number of nitrogens with one attached hydrogen (secondary N) is 1. The number of amides is 1. The second-order valence-corrected chi connectivity index (χ2v) is 3.38. The number of hydrogen-bond donors (Lipinski definition) is 2. The molecule has 1 amide bonds. The predicted octanol–water partition coefficient (Wildman–Crippen LogP) is 0.0281. The first-order chi connectivity index (χ1) is 6.00. The predicted molar refractivity (Wildman–Crippen MR) is 46.6 cm³/mol. The summed E-state index contributed by atoms with van der Waals surface area (Å²) < 4.78 is 4.74. The van der Waals surface area contributed by atoms with E-state index in [0.29, 0.717) is 12.2 Å². The SMILES string of the molecule is CC(C)(N)C(=O)NCc1cocn1. The number of carbonyl (C=O) groups is 1. The third-order valence-corrected chi connectivity index (χ3v) is 1.50. The summed E-state index contributed by atoms with van der Waals surface area (Å²) in [7, 11) is 0. The zero-order valence-corrected chi connectivity index (χ0v) is 7.70. The van der Waals surface area contributed by atoms with Crippen LogP contribution in [0.1, 0.15) is 19.5 Å². The van der Waals surface area contributed by atoms with Crippen molar-refractivity contribution in [3.05, 3.63) is 18.4 Å². The van der Waals surface area contributed by atoms with E-state index in [-0.39, 0.29) is 5.91 Å². The highest BCUT2D eigenvalue weighted by molar-refractivity contribution is 5.84. The summed E-state index contributed by atoms with van der Waals surface area (Å²) in [4.78, 5) is 15.1. The molecule has 72 valence electrons. The minimum Gasteiger partial charge on any atom is -0.451 e. The molecule has 1 heterocycles. The highest BCUT2D eigenvalue weighted by atomic mass is 16.3. The Balaban J connectivity index is 2.40. The third kappa shape index (κ3) is 2.87. The average molecular weight is 183 g/mol. The summed E-state index contributed by atoms with van der Waals surface area (Å²) in [5.41, 5.74) is 5.38. The van der Waals surface area contributed by atoms with Crippen LogP contribution in [-0.2, 0) is 11.3 Å². The molecule has 0 aliphatic rings. The van der Waals surface area contributed by atoms with Crippen LogP contribution in [0.15, 0.2) is 17.1 Å². The molecule has 0 bridgehead atoms. The summed E-state index contributed by atoms with van der Waals surface area (Å²) in [5.74, 6) is -0.212. The average Bonchev–Trinajstić information content (AvgIpc) is 2.50. The van der Waals surface area contributed by atoms with Gasteiger partial charge in [-0.2, -0.15) is 0 Å². The number of nitrogens with zero attached hydrogens (tertiary/aromatic N) is 1. The molecule has 0 saturated carbocycles. The van der Waals surface area contributed by atoms with E-state index in [4.69, 9.17) is 10.2 Å². The van der Waals surface area contributed by atoms with Gasteiger partial charge in [0.1, 0.15) is 6.26 Å². The van der Waals surface area contributed by atoms with E-state index in [9.17, 15) is 4.79 Å². The zero-order chi connectivity index (χ0) is 9.90. The Morgan fingerprint density at radius 2 is 2.46 bits per heavy atom. The fourth-order valence-electron chi connectivity index (χ4n) is 0.723. The molecule has 0 spiro atoms. The first-order valence-corrected chi connectivity index (χ1v) is 3.94. The largest absolute Gasteiger partial charge is 0.451 e. The third-order valence-electron chi connectivity index (χ3n) is 1.50. The van der Waals surface area contributed by atoms with Crippen LogP contribution in [0.4, 0.5) is 0 Å². The highest BCUT2D eigenvalue weighted by Gasteiger charge is 2.21. The number of hydrogen-bond acceptors (Lipinski definition) is 4. The molecule has 3 N–H and O–H groups in total. The Kier molecular flexibility index (Phi) is 2.67. The van der Waals surface area contributed by atoms with Gasteiger partial charge in [0.15, 0.2) is 6.39 Å². The van der Waals surface area contributed by atoms with Crippen LogP contribution in [0.3, 0.4) is 0 Å². The molecule has 0 unspecified atom stereocenters. The van der Waals surface area contributed by atoms with Crippen LogP contribution in [-0.4, -0.2) is 16.4 Å². The van der Waals surface area contributed by atoms with Crippen LogP contribution in [0, 0.1) is 0 Å². The molecule has 0 aromatic carbocycles. The van der Waals surface area contributed by atoms with Crippen molar-refractivity contribution in [2.75, 3.05) is 0 Å². The van der Waals surface area contributed by atoms with Crippen LogP contribution in [0.5, 0.6) is 0 Å². The van der Waals surface area contributed by atoms with Crippen LogP contribution < -0.4 is 11.1 Å². The van der Waals surface area contributed by atoms with E-state index in [1.165, 1.54) is 12.7 Å². The van der Waals surface area contributed by atoms with E-state index in [2.05, 4.69) is 10.3 Å². The molecule has 0 aliphatic carbocycles. The monoisotopic (exact) mass is 183 g/mol. The van der Waals surface area contributed by atoms with Crippen LogP contribution in [0.25, 0.3) is 0 Å². The lowest BCUT2D eigenvalue weighted by molar-refractivity contribution is -0.125. The highest BCUT2D eigenvalue weighted by Crippen LogP contribution is 1.98. The molecule has 0 fully saturated rings. The van der Waals surface area contributed by atoms with Gasteiger partial charge in [0.2, 0.25) is 5.91 Å². The second kappa shape index (κ2) is 3.57. The van der Waals surface area contributed by atoms with Crippen molar-refractivity contribution in [3.63, 3.8) is 0 Å². The lowest BCUT2D eigenvalue weighted by Gasteiger charge is -2.16. The van der Waals surface area contributed by atoms with E-state index in [1.54, 1.807) is 13.8 Å². The van der Waals surface area contributed by atoms with Gasteiger partial charge in [-0.05, 0) is 13.8 Å². The molecular formula is C8H13N3O2. The normalized spacial score (nSPS) is 11.3. The zero-order valence-electron chi connectivity index (χ0n) is 7.70. The Hall–Kier alpha value is -1.36. The molecule has 1 aromatic rings. The van der Waals surface area contributed by atoms with Crippen molar-refractivity contribution < 1.29 is 9.21 Å². The minimum absolute atomic E-state index is 0.212. The van der Waals surface area contributed by atoms with Crippen molar-refractivity contribution in [1.82, 2.24) is 10.3 Å². The minimum atomic E-state index is -0.857. The van der Waals surface area contributed by atoms with Gasteiger partial charge in [0, 0.05) is 0 Å². The number of carbonyl (C=O) groups excluding carboxylic acids is 1. The quantitative estimate of drug-likeness (QED) is 0.692. The second-order valence-electron chi connectivity index (χ2n) is 3.38. The fraction of sp³-hybridized carbons (Fsp3) is 0.500. The van der Waals surface area contributed by atoms with Gasteiger partial charge in [-0.15, -0.1) is 0 Å². The Morgan fingerprint density at radius 3 is 2.92 bits per heavy atom. The van der Waals surface area contributed by atoms with Gasteiger partial charge in [-0.3, -0.25) is 4.79 Å². The number of rotatable bonds is 3. The van der Waals surface area contributed by atoms with Crippen LogP contribution in [0.2, 0.25) is 0 Å². The maximum atomic E-state index is 11.3. The van der Waals surface area contributed by atoms with Crippen molar-refractivity contribution in [2.24, 2.45) is 5.73 Å². The first-order valence-electron chi connectivity index (χ1n) is 3.94. The smallest absolute Gasteiger partial charge is 0.239 e. The molecule has 0 radical (unpaired) electrons. The molecule has 13 heavy (non-hydrogen) atoms. The lowest BCUT2D eigenvalue weighted by Crippen LogP contribution is -2.48. The Bertz CT molecular complexity index is 274. The standard InChI is InChI=1S/C8H13N3O2/c1-8(2,9)7(12)10-3-6-4-13-5-11-6/h4-5H,3,9H2,1-2H3,(H,10,12). The lowest BCUT2D eigenvalue weighted by atomic mass is 10.1. The van der Waals surface area contributed by atoms with Gasteiger partial charge >= 0.3 is 0 Å². The molecule has 0 saturated heterocycles. The van der Waals surface area contributed by atoms with Gasteiger partial charge in [-0.1, -0.05) is 0 Å². The Labute approximate surface area is 76.3 Å². The molecule has 0 aliphatic heterocycles. The molecule has 5 nitrogen and oxygen atoms in total. The Morgan fingerprint density at radius 1 is 1.77 bits per heavy atom. The molecule has 1 rings (SSSR count). The molecular weight excluding hydrogens is 170 g/mol. The van der Waals surface area contributed by atoms with E-state index in [0.717, 1.165) is 0 Å². The van der Waals surface area contributed by atoms with E-state index < -0.39 is 5.54 Å². The maximum Gasteiger partial charge on any atom is 0.239 e. The molecule has 0 atom stereocenters. The van der Waals surface area contributed by atoms with E-state index in [1.807, 2.05) is 0 Å². The number of oxazole rings is 1.